The minimum absolute atomic E-state index is 0.0402. The highest BCUT2D eigenvalue weighted by Crippen LogP contribution is 2.22. The molecule has 0 atom stereocenters. The zero-order valence-electron chi connectivity index (χ0n) is 13.6. The molecule has 0 heterocycles. The van der Waals surface area contributed by atoms with Crippen LogP contribution in [0.3, 0.4) is 0 Å². The highest BCUT2D eigenvalue weighted by Gasteiger charge is 2.12. The van der Waals surface area contributed by atoms with E-state index in [9.17, 15) is 13.2 Å². The first-order chi connectivity index (χ1) is 11.7. The Bertz CT molecular complexity index is 868. The van der Waals surface area contributed by atoms with Crippen molar-refractivity contribution in [1.82, 2.24) is 4.90 Å². The fourth-order valence-electron chi connectivity index (χ4n) is 2.28. The van der Waals surface area contributed by atoms with Crippen LogP contribution in [0.25, 0.3) is 0 Å². The molecule has 0 saturated carbocycles. The SMILES string of the molecule is CN(Cc1ccc(Cl)cc1Cl)C(=O)CCc1ccc(S(N)(=O)=O)cc1. The lowest BCUT2D eigenvalue weighted by Gasteiger charge is -2.18. The molecule has 0 fully saturated rings. The Morgan fingerprint density at radius 3 is 2.32 bits per heavy atom. The van der Waals surface area contributed by atoms with Gasteiger partial charge < -0.3 is 4.90 Å². The van der Waals surface area contributed by atoms with Crippen LogP contribution < -0.4 is 5.14 Å². The molecule has 0 radical (unpaired) electrons. The number of amides is 1. The second-order valence-corrected chi connectivity index (χ2v) is 8.08. The predicted molar refractivity (Wildman–Crippen MR) is 99.1 cm³/mol. The Morgan fingerprint density at radius 1 is 1.12 bits per heavy atom. The Balaban J connectivity index is 1.93. The minimum Gasteiger partial charge on any atom is -0.341 e. The lowest BCUT2D eigenvalue weighted by Crippen LogP contribution is -2.26. The van der Waals surface area contributed by atoms with Gasteiger partial charge in [0.2, 0.25) is 15.9 Å². The fourth-order valence-corrected chi connectivity index (χ4v) is 3.27. The van der Waals surface area contributed by atoms with E-state index in [0.29, 0.717) is 29.4 Å². The first kappa shape index (κ1) is 19.7. The Morgan fingerprint density at radius 2 is 1.76 bits per heavy atom. The van der Waals surface area contributed by atoms with E-state index in [4.69, 9.17) is 28.3 Å². The van der Waals surface area contributed by atoms with Gasteiger partial charge in [-0.2, -0.15) is 0 Å². The van der Waals surface area contributed by atoms with Gasteiger partial charge in [0.25, 0.3) is 0 Å². The smallest absolute Gasteiger partial charge is 0.238 e. The number of aryl methyl sites for hydroxylation is 1. The molecule has 0 bridgehead atoms. The molecule has 1 amide bonds. The summed E-state index contributed by atoms with van der Waals surface area (Å²) in [5, 5.41) is 6.12. The number of nitrogens with zero attached hydrogens (tertiary/aromatic N) is 1. The number of carbonyl (C=O) groups is 1. The highest BCUT2D eigenvalue weighted by atomic mass is 35.5. The first-order valence-corrected chi connectivity index (χ1v) is 9.76. The molecule has 5 nitrogen and oxygen atoms in total. The van der Waals surface area contributed by atoms with Crippen LogP contribution >= 0.6 is 23.2 Å². The number of hydrogen-bond donors (Lipinski definition) is 1. The van der Waals surface area contributed by atoms with Crippen molar-refractivity contribution < 1.29 is 13.2 Å². The van der Waals surface area contributed by atoms with Gasteiger partial charge in [0, 0.05) is 30.1 Å². The van der Waals surface area contributed by atoms with Crippen LogP contribution in [-0.4, -0.2) is 26.3 Å². The van der Waals surface area contributed by atoms with Crippen molar-refractivity contribution in [3.05, 3.63) is 63.6 Å². The van der Waals surface area contributed by atoms with Gasteiger partial charge in [-0.05, 0) is 41.8 Å². The molecule has 0 unspecified atom stereocenters. The number of rotatable bonds is 6. The van der Waals surface area contributed by atoms with Crippen molar-refractivity contribution >= 4 is 39.1 Å². The van der Waals surface area contributed by atoms with Crippen molar-refractivity contribution in [2.24, 2.45) is 5.14 Å². The van der Waals surface area contributed by atoms with Gasteiger partial charge >= 0.3 is 0 Å². The van der Waals surface area contributed by atoms with E-state index in [1.807, 2.05) is 0 Å². The Kier molecular flexibility index (Phi) is 6.46. The standard InChI is InChI=1S/C17H18Cl2N2O3S/c1-21(11-13-5-6-14(18)10-16(13)19)17(22)9-4-12-2-7-15(8-3-12)25(20,23)24/h2-3,5-8,10H,4,9,11H2,1H3,(H2,20,23,24). The second kappa shape index (κ2) is 8.19. The molecular weight excluding hydrogens is 383 g/mol. The Labute approximate surface area is 157 Å². The maximum absolute atomic E-state index is 12.3. The van der Waals surface area contributed by atoms with Gasteiger partial charge in [-0.25, -0.2) is 13.6 Å². The number of benzene rings is 2. The fraction of sp³-hybridized carbons (Fsp3) is 0.235. The average molecular weight is 401 g/mol. The average Bonchev–Trinajstić information content (AvgIpc) is 2.54. The zero-order valence-corrected chi connectivity index (χ0v) is 15.9. The molecule has 0 aromatic heterocycles. The molecule has 0 saturated heterocycles. The van der Waals surface area contributed by atoms with Crippen LogP contribution in [-0.2, 0) is 27.8 Å². The molecule has 2 N–H and O–H groups in total. The topological polar surface area (TPSA) is 80.5 Å². The molecule has 2 aromatic carbocycles. The number of primary sulfonamides is 1. The largest absolute Gasteiger partial charge is 0.341 e. The van der Waals surface area contributed by atoms with Crippen molar-refractivity contribution in [3.8, 4) is 0 Å². The van der Waals surface area contributed by atoms with Gasteiger partial charge in [-0.15, -0.1) is 0 Å². The summed E-state index contributed by atoms with van der Waals surface area (Å²) in [4.78, 5) is 13.9. The van der Waals surface area contributed by atoms with Crippen LogP contribution in [0.4, 0.5) is 0 Å². The van der Waals surface area contributed by atoms with Crippen LogP contribution in [0.5, 0.6) is 0 Å². The minimum atomic E-state index is -3.70. The Hall–Kier alpha value is -1.60. The highest BCUT2D eigenvalue weighted by molar-refractivity contribution is 7.89. The maximum atomic E-state index is 12.3. The molecule has 0 aliphatic carbocycles. The summed E-state index contributed by atoms with van der Waals surface area (Å²) < 4.78 is 22.4. The van der Waals surface area contributed by atoms with Crippen molar-refractivity contribution in [2.45, 2.75) is 24.3 Å². The van der Waals surface area contributed by atoms with Gasteiger partial charge in [0.1, 0.15) is 0 Å². The monoisotopic (exact) mass is 400 g/mol. The zero-order chi connectivity index (χ0) is 18.6. The number of nitrogens with two attached hydrogens (primary N) is 1. The number of hydrogen-bond acceptors (Lipinski definition) is 3. The number of sulfonamides is 1. The summed E-state index contributed by atoms with van der Waals surface area (Å²) in [6, 6.07) is 11.4. The molecule has 134 valence electrons. The van der Waals surface area contributed by atoms with E-state index in [1.54, 1.807) is 42.3 Å². The third kappa shape index (κ3) is 5.71. The van der Waals surface area contributed by atoms with E-state index >= 15 is 0 Å². The quantitative estimate of drug-likeness (QED) is 0.807. The van der Waals surface area contributed by atoms with Crippen molar-refractivity contribution in [2.75, 3.05) is 7.05 Å². The predicted octanol–water partition coefficient (Wildman–Crippen LogP) is 3.23. The van der Waals surface area contributed by atoms with Crippen molar-refractivity contribution in [1.29, 1.82) is 0 Å². The van der Waals surface area contributed by atoms with Crippen LogP contribution in [0.15, 0.2) is 47.4 Å². The van der Waals surface area contributed by atoms with Crippen LogP contribution in [0.2, 0.25) is 10.0 Å². The second-order valence-electron chi connectivity index (χ2n) is 5.67. The molecular formula is C17H18Cl2N2O3S. The molecule has 8 heteroatoms. The van der Waals surface area contributed by atoms with E-state index in [2.05, 4.69) is 0 Å². The summed E-state index contributed by atoms with van der Waals surface area (Å²) in [6.45, 7) is 0.388. The molecule has 0 spiro atoms. The summed E-state index contributed by atoms with van der Waals surface area (Å²) in [5.74, 6) is -0.0402. The van der Waals surface area contributed by atoms with E-state index in [0.717, 1.165) is 11.1 Å². The summed E-state index contributed by atoms with van der Waals surface area (Å²) in [5.41, 5.74) is 1.68. The summed E-state index contributed by atoms with van der Waals surface area (Å²) in [6.07, 6.45) is 0.804. The third-order valence-corrected chi connectivity index (χ3v) is 5.24. The van der Waals surface area contributed by atoms with E-state index < -0.39 is 10.0 Å². The molecule has 0 aliphatic rings. The van der Waals surface area contributed by atoms with Gasteiger partial charge in [-0.3, -0.25) is 4.79 Å². The molecule has 2 rings (SSSR count). The lowest BCUT2D eigenvalue weighted by atomic mass is 10.1. The number of carbonyl (C=O) groups excluding carboxylic acids is 1. The normalized spacial score (nSPS) is 11.4. The van der Waals surface area contributed by atoms with E-state index in [1.165, 1.54) is 12.1 Å². The van der Waals surface area contributed by atoms with Crippen molar-refractivity contribution in [3.63, 3.8) is 0 Å². The molecule has 2 aromatic rings. The summed E-state index contributed by atoms with van der Waals surface area (Å²) >= 11 is 12.0. The molecule has 0 aliphatic heterocycles. The molecule has 25 heavy (non-hydrogen) atoms. The lowest BCUT2D eigenvalue weighted by molar-refractivity contribution is -0.130. The van der Waals surface area contributed by atoms with Crippen LogP contribution in [0.1, 0.15) is 17.5 Å². The van der Waals surface area contributed by atoms with Gasteiger partial charge in [0.05, 0.1) is 4.90 Å². The van der Waals surface area contributed by atoms with E-state index in [-0.39, 0.29) is 10.8 Å². The van der Waals surface area contributed by atoms with Gasteiger partial charge in [-0.1, -0.05) is 41.4 Å². The third-order valence-electron chi connectivity index (χ3n) is 3.73. The van der Waals surface area contributed by atoms with Gasteiger partial charge in [0.15, 0.2) is 0 Å². The maximum Gasteiger partial charge on any atom is 0.238 e. The number of halogens is 2. The van der Waals surface area contributed by atoms with Crippen LogP contribution in [0, 0.1) is 0 Å². The first-order valence-electron chi connectivity index (χ1n) is 7.46. The summed E-state index contributed by atoms with van der Waals surface area (Å²) in [7, 11) is -2.00.